The maximum absolute atomic E-state index is 11.2. The van der Waals surface area contributed by atoms with Crippen LogP contribution in [0.15, 0.2) is 48.5 Å². The van der Waals surface area contributed by atoms with Gasteiger partial charge in [0.15, 0.2) is 0 Å². The summed E-state index contributed by atoms with van der Waals surface area (Å²) in [5.74, 6) is 6.42. The highest BCUT2D eigenvalue weighted by Crippen LogP contribution is 2.09. The van der Waals surface area contributed by atoms with Gasteiger partial charge in [-0.3, -0.25) is 4.79 Å². The van der Waals surface area contributed by atoms with Gasteiger partial charge < -0.3 is 10.1 Å². The van der Waals surface area contributed by atoms with E-state index in [1.54, 1.807) is 0 Å². The van der Waals surface area contributed by atoms with Crippen molar-refractivity contribution in [1.29, 1.82) is 0 Å². The Balaban J connectivity index is 1.65. The molecule has 0 aromatic heterocycles. The molecule has 2 rings (SSSR count). The molecule has 3 heteroatoms. The number of unbranched alkanes of at least 4 members (excludes halogenated alkanes) is 6. The first-order valence-electron chi connectivity index (χ1n) is 11.6. The lowest BCUT2D eigenvalue weighted by molar-refractivity contribution is -0.140. The predicted molar refractivity (Wildman–Crippen MR) is 129 cm³/mol. The fourth-order valence-corrected chi connectivity index (χ4v) is 3.39. The number of ether oxygens (including phenoxy) is 1. The van der Waals surface area contributed by atoms with Gasteiger partial charge in [-0.15, -0.1) is 0 Å². The molecule has 0 radical (unpaired) electrons. The van der Waals surface area contributed by atoms with Crippen LogP contribution in [0.3, 0.4) is 0 Å². The maximum atomic E-state index is 11.2. The third kappa shape index (κ3) is 10.9. The van der Waals surface area contributed by atoms with E-state index in [1.807, 2.05) is 0 Å². The lowest BCUT2D eigenvalue weighted by Gasteiger charge is -2.07. The van der Waals surface area contributed by atoms with E-state index in [4.69, 9.17) is 0 Å². The molecule has 0 heterocycles. The zero-order chi connectivity index (χ0) is 22.2. The fourth-order valence-electron chi connectivity index (χ4n) is 3.39. The van der Waals surface area contributed by atoms with E-state index < -0.39 is 0 Å². The first-order valence-corrected chi connectivity index (χ1v) is 11.6. The van der Waals surface area contributed by atoms with Crippen LogP contribution in [-0.4, -0.2) is 13.1 Å². The Hall–Kier alpha value is -2.57. The van der Waals surface area contributed by atoms with Crippen LogP contribution in [0.1, 0.15) is 80.5 Å². The molecule has 1 N–H and O–H groups in total. The molecule has 0 aliphatic rings. The largest absolute Gasteiger partial charge is 0.469 e. The van der Waals surface area contributed by atoms with Gasteiger partial charge >= 0.3 is 5.97 Å². The van der Waals surface area contributed by atoms with Gasteiger partial charge in [-0.05, 0) is 41.7 Å². The summed E-state index contributed by atoms with van der Waals surface area (Å²) in [6.07, 6.45) is 10.0. The molecule has 0 fully saturated rings. The van der Waals surface area contributed by atoms with Gasteiger partial charge in [0, 0.05) is 31.5 Å². The monoisotopic (exact) mass is 419 g/mol. The standard InChI is InChI=1S/C28H37NO2/c1-3-4-5-6-7-8-9-10-11-24-12-16-26(17-13-24)22-29-23-27-18-14-25(15-19-27)20-21-28(30)31-2/h12-19,29H,3-9,20-23H2,1-2H3. The second-order valence-electron chi connectivity index (χ2n) is 8.01. The van der Waals surface area contributed by atoms with Gasteiger partial charge in [0.25, 0.3) is 0 Å². The van der Waals surface area contributed by atoms with Crippen LogP contribution >= 0.6 is 0 Å². The van der Waals surface area contributed by atoms with Crippen LogP contribution in [0.5, 0.6) is 0 Å². The molecule has 166 valence electrons. The van der Waals surface area contributed by atoms with Crippen molar-refractivity contribution in [1.82, 2.24) is 5.32 Å². The summed E-state index contributed by atoms with van der Waals surface area (Å²) in [4.78, 5) is 11.2. The van der Waals surface area contributed by atoms with Crippen LogP contribution in [0.25, 0.3) is 0 Å². The Labute approximate surface area is 188 Å². The molecule has 2 aromatic rings. The van der Waals surface area contributed by atoms with Crippen molar-refractivity contribution in [2.24, 2.45) is 0 Å². The minimum absolute atomic E-state index is 0.166. The molecule has 0 saturated heterocycles. The Kier molecular flexibility index (Phi) is 12.2. The van der Waals surface area contributed by atoms with Crippen molar-refractivity contribution in [2.75, 3.05) is 7.11 Å². The average Bonchev–Trinajstić information content (AvgIpc) is 2.81. The number of aryl methyl sites for hydroxylation is 1. The minimum atomic E-state index is -0.166. The topological polar surface area (TPSA) is 38.3 Å². The average molecular weight is 420 g/mol. The number of hydrogen-bond donors (Lipinski definition) is 1. The molecule has 0 bridgehead atoms. The van der Waals surface area contributed by atoms with Crippen LogP contribution in [0.4, 0.5) is 0 Å². The summed E-state index contributed by atoms with van der Waals surface area (Å²) < 4.78 is 4.69. The summed E-state index contributed by atoms with van der Waals surface area (Å²) in [6.45, 7) is 3.90. The van der Waals surface area contributed by atoms with Crippen molar-refractivity contribution in [3.8, 4) is 11.8 Å². The molecular formula is C28H37NO2. The number of methoxy groups -OCH3 is 1. The summed E-state index contributed by atoms with van der Waals surface area (Å²) >= 11 is 0. The van der Waals surface area contributed by atoms with Gasteiger partial charge in [0.2, 0.25) is 0 Å². The van der Waals surface area contributed by atoms with E-state index in [-0.39, 0.29) is 5.97 Å². The van der Waals surface area contributed by atoms with Crippen molar-refractivity contribution >= 4 is 5.97 Å². The Morgan fingerprint density at radius 2 is 1.42 bits per heavy atom. The highest BCUT2D eigenvalue weighted by molar-refractivity contribution is 5.69. The Bertz CT molecular complexity index is 813. The first-order chi connectivity index (χ1) is 15.2. The zero-order valence-electron chi connectivity index (χ0n) is 19.2. The molecule has 2 aromatic carbocycles. The van der Waals surface area contributed by atoms with E-state index in [0.29, 0.717) is 12.8 Å². The number of hydrogen-bond acceptors (Lipinski definition) is 3. The molecule has 31 heavy (non-hydrogen) atoms. The van der Waals surface area contributed by atoms with E-state index in [0.717, 1.165) is 30.6 Å². The number of rotatable bonds is 13. The Morgan fingerprint density at radius 1 is 0.839 bits per heavy atom. The quantitative estimate of drug-likeness (QED) is 0.239. The van der Waals surface area contributed by atoms with Crippen molar-refractivity contribution in [3.63, 3.8) is 0 Å². The lowest BCUT2D eigenvalue weighted by atomic mass is 10.1. The van der Waals surface area contributed by atoms with Crippen LogP contribution in [0, 0.1) is 11.8 Å². The minimum Gasteiger partial charge on any atom is -0.469 e. The van der Waals surface area contributed by atoms with Gasteiger partial charge in [-0.25, -0.2) is 0 Å². The van der Waals surface area contributed by atoms with Crippen LogP contribution in [0.2, 0.25) is 0 Å². The molecule has 0 spiro atoms. The van der Waals surface area contributed by atoms with E-state index >= 15 is 0 Å². The van der Waals surface area contributed by atoms with E-state index in [9.17, 15) is 4.79 Å². The number of nitrogens with one attached hydrogen (secondary N) is 1. The first kappa shape index (κ1) is 24.7. The second-order valence-corrected chi connectivity index (χ2v) is 8.01. The molecule has 0 unspecified atom stereocenters. The molecule has 0 saturated carbocycles. The van der Waals surface area contributed by atoms with E-state index in [2.05, 4.69) is 77.3 Å². The summed E-state index contributed by atoms with van der Waals surface area (Å²) in [5.41, 5.74) is 4.75. The fraction of sp³-hybridized carbons (Fsp3) is 0.464. The number of esters is 1. The third-order valence-electron chi connectivity index (χ3n) is 5.37. The van der Waals surface area contributed by atoms with Gasteiger partial charge in [0.1, 0.15) is 0 Å². The summed E-state index contributed by atoms with van der Waals surface area (Å²) in [6, 6.07) is 16.9. The normalized spacial score (nSPS) is 10.4. The maximum Gasteiger partial charge on any atom is 0.305 e. The molecule has 0 aliphatic heterocycles. The lowest BCUT2D eigenvalue weighted by Crippen LogP contribution is -2.12. The third-order valence-corrected chi connectivity index (χ3v) is 5.37. The smallest absolute Gasteiger partial charge is 0.305 e. The number of carbonyl (C=O) groups is 1. The molecule has 0 amide bonds. The number of benzene rings is 2. The van der Waals surface area contributed by atoms with E-state index in [1.165, 1.54) is 56.8 Å². The highest BCUT2D eigenvalue weighted by Gasteiger charge is 2.02. The highest BCUT2D eigenvalue weighted by atomic mass is 16.5. The van der Waals surface area contributed by atoms with Crippen LogP contribution < -0.4 is 5.32 Å². The van der Waals surface area contributed by atoms with Gasteiger partial charge in [-0.2, -0.15) is 0 Å². The van der Waals surface area contributed by atoms with Gasteiger partial charge in [-0.1, -0.05) is 87.3 Å². The second kappa shape index (κ2) is 15.3. The zero-order valence-corrected chi connectivity index (χ0v) is 19.2. The molecule has 3 nitrogen and oxygen atoms in total. The van der Waals surface area contributed by atoms with Crippen molar-refractivity contribution in [2.45, 2.75) is 77.8 Å². The molecule has 0 atom stereocenters. The molecule has 0 aliphatic carbocycles. The molecular weight excluding hydrogens is 382 g/mol. The predicted octanol–water partition coefficient (Wildman–Crippen LogP) is 6.18. The summed E-state index contributed by atoms with van der Waals surface area (Å²) in [7, 11) is 1.43. The van der Waals surface area contributed by atoms with Crippen molar-refractivity contribution in [3.05, 3.63) is 70.8 Å². The van der Waals surface area contributed by atoms with Gasteiger partial charge in [0.05, 0.1) is 7.11 Å². The van der Waals surface area contributed by atoms with Crippen LogP contribution in [-0.2, 0) is 29.0 Å². The van der Waals surface area contributed by atoms with Crippen molar-refractivity contribution < 1.29 is 9.53 Å². The number of carbonyl (C=O) groups excluding carboxylic acids is 1. The Morgan fingerprint density at radius 3 is 2.06 bits per heavy atom. The summed E-state index contributed by atoms with van der Waals surface area (Å²) in [5, 5.41) is 3.49. The SMILES string of the molecule is CCCCCCCCC#Cc1ccc(CNCc2ccc(CCC(=O)OC)cc2)cc1.